The zero-order valence-electron chi connectivity index (χ0n) is 18.5. The van der Waals surface area contributed by atoms with Gasteiger partial charge in [-0.05, 0) is 34.4 Å². The Kier molecular flexibility index (Phi) is 6.89. The Morgan fingerprint density at radius 2 is 1.50 bits per heavy atom. The number of carboxylic acid groups (broad SMARTS) is 1. The molecule has 3 N–H and O–H groups in total. The fourth-order valence-corrected chi connectivity index (χ4v) is 4.11. The van der Waals surface area contributed by atoms with Gasteiger partial charge in [0.05, 0.1) is 17.9 Å². The van der Waals surface area contributed by atoms with E-state index >= 15 is 0 Å². The average molecular weight is 460 g/mol. The first-order valence-corrected chi connectivity index (χ1v) is 10.7. The van der Waals surface area contributed by atoms with E-state index in [-0.39, 0.29) is 30.4 Å². The molecule has 1 aliphatic carbocycles. The SMILES string of the molecule is COCC(NC(=O)c1ccccc1NC(=O)OCC1c2ccccc2-c2ccccc21)C(=O)O. The highest BCUT2D eigenvalue weighted by atomic mass is 16.5. The molecule has 8 heteroatoms. The van der Waals surface area contributed by atoms with Crippen LogP contribution in [0.15, 0.2) is 72.8 Å². The van der Waals surface area contributed by atoms with E-state index in [0.29, 0.717) is 0 Å². The number of amides is 2. The Morgan fingerprint density at radius 3 is 2.12 bits per heavy atom. The molecule has 0 saturated carbocycles. The van der Waals surface area contributed by atoms with E-state index in [4.69, 9.17) is 9.47 Å². The average Bonchev–Trinajstić information content (AvgIpc) is 3.16. The number of nitrogens with one attached hydrogen (secondary N) is 2. The number of rotatable bonds is 8. The van der Waals surface area contributed by atoms with Crippen LogP contribution in [-0.4, -0.2) is 49.4 Å². The number of methoxy groups -OCH3 is 1. The third kappa shape index (κ3) is 4.77. The first kappa shape index (κ1) is 23.0. The van der Waals surface area contributed by atoms with E-state index in [9.17, 15) is 19.5 Å². The lowest BCUT2D eigenvalue weighted by Crippen LogP contribution is -2.44. The van der Waals surface area contributed by atoms with Crippen LogP contribution in [-0.2, 0) is 14.3 Å². The maximum atomic E-state index is 12.7. The van der Waals surface area contributed by atoms with Crippen LogP contribution in [0, 0.1) is 0 Å². The number of anilines is 1. The van der Waals surface area contributed by atoms with Crippen molar-refractivity contribution in [2.24, 2.45) is 0 Å². The lowest BCUT2D eigenvalue weighted by molar-refractivity contribution is -0.140. The molecule has 0 bridgehead atoms. The number of hydrogen-bond acceptors (Lipinski definition) is 5. The van der Waals surface area contributed by atoms with Gasteiger partial charge in [0.1, 0.15) is 6.61 Å². The smallest absolute Gasteiger partial charge is 0.411 e. The second kappa shape index (κ2) is 10.2. The van der Waals surface area contributed by atoms with Gasteiger partial charge in [-0.2, -0.15) is 0 Å². The van der Waals surface area contributed by atoms with Gasteiger partial charge in [0.25, 0.3) is 5.91 Å². The molecule has 0 aromatic heterocycles. The van der Waals surface area contributed by atoms with E-state index < -0.39 is 24.0 Å². The van der Waals surface area contributed by atoms with Crippen molar-refractivity contribution in [1.82, 2.24) is 5.32 Å². The summed E-state index contributed by atoms with van der Waals surface area (Å²) in [5, 5.41) is 14.2. The van der Waals surface area contributed by atoms with E-state index in [0.717, 1.165) is 22.3 Å². The van der Waals surface area contributed by atoms with Crippen molar-refractivity contribution in [2.45, 2.75) is 12.0 Å². The topological polar surface area (TPSA) is 114 Å². The van der Waals surface area contributed by atoms with E-state index in [1.807, 2.05) is 36.4 Å². The van der Waals surface area contributed by atoms with E-state index in [2.05, 4.69) is 22.8 Å². The minimum atomic E-state index is -1.22. The summed E-state index contributed by atoms with van der Waals surface area (Å²) in [5.74, 6) is -1.97. The van der Waals surface area contributed by atoms with Crippen LogP contribution in [0.3, 0.4) is 0 Å². The number of aliphatic carboxylic acids is 1. The molecule has 1 atom stereocenters. The molecule has 0 spiro atoms. The quantitative estimate of drug-likeness (QED) is 0.470. The van der Waals surface area contributed by atoms with Gasteiger partial charge in [-0.15, -0.1) is 0 Å². The van der Waals surface area contributed by atoms with Crippen LogP contribution < -0.4 is 10.6 Å². The predicted molar refractivity (Wildman–Crippen MR) is 126 cm³/mol. The van der Waals surface area contributed by atoms with Crippen LogP contribution in [0.4, 0.5) is 10.5 Å². The monoisotopic (exact) mass is 460 g/mol. The summed E-state index contributed by atoms with van der Waals surface area (Å²) in [6, 6.07) is 21.1. The molecule has 8 nitrogen and oxygen atoms in total. The van der Waals surface area contributed by atoms with Crippen LogP contribution in [0.2, 0.25) is 0 Å². The van der Waals surface area contributed by atoms with E-state index in [1.165, 1.54) is 13.2 Å². The number of carbonyl (C=O) groups excluding carboxylic acids is 2. The molecule has 174 valence electrons. The molecule has 1 unspecified atom stereocenters. The lowest BCUT2D eigenvalue weighted by Gasteiger charge is -2.17. The minimum Gasteiger partial charge on any atom is -0.480 e. The van der Waals surface area contributed by atoms with Gasteiger partial charge in [-0.1, -0.05) is 60.7 Å². The molecule has 0 heterocycles. The van der Waals surface area contributed by atoms with Gasteiger partial charge in [0.15, 0.2) is 6.04 Å². The highest BCUT2D eigenvalue weighted by Crippen LogP contribution is 2.44. The molecule has 0 radical (unpaired) electrons. The Balaban J connectivity index is 1.45. The molecule has 0 aliphatic heterocycles. The van der Waals surface area contributed by atoms with Gasteiger partial charge in [0, 0.05) is 13.0 Å². The molecule has 0 fully saturated rings. The summed E-state index contributed by atoms with van der Waals surface area (Å²) in [7, 11) is 1.34. The van der Waals surface area contributed by atoms with Gasteiger partial charge in [-0.3, -0.25) is 10.1 Å². The van der Waals surface area contributed by atoms with Crippen molar-refractivity contribution in [3.63, 3.8) is 0 Å². The molecular weight excluding hydrogens is 436 g/mol. The largest absolute Gasteiger partial charge is 0.480 e. The molecule has 3 aromatic carbocycles. The number of hydrogen-bond donors (Lipinski definition) is 3. The number of para-hydroxylation sites is 1. The zero-order chi connectivity index (χ0) is 24.1. The summed E-state index contributed by atoms with van der Waals surface area (Å²) < 4.78 is 10.4. The van der Waals surface area contributed by atoms with Crippen molar-refractivity contribution in [3.8, 4) is 11.1 Å². The van der Waals surface area contributed by atoms with Crippen LogP contribution in [0.1, 0.15) is 27.4 Å². The summed E-state index contributed by atoms with van der Waals surface area (Å²) in [4.78, 5) is 36.6. The summed E-state index contributed by atoms with van der Waals surface area (Å²) in [5.41, 5.74) is 4.75. The summed E-state index contributed by atoms with van der Waals surface area (Å²) in [6.45, 7) is -0.0633. The Morgan fingerprint density at radius 1 is 0.912 bits per heavy atom. The number of fused-ring (bicyclic) bond motifs is 3. The van der Waals surface area contributed by atoms with Crippen molar-refractivity contribution in [1.29, 1.82) is 0 Å². The third-order valence-electron chi connectivity index (χ3n) is 5.69. The second-order valence-electron chi connectivity index (χ2n) is 7.82. The zero-order valence-corrected chi connectivity index (χ0v) is 18.5. The maximum Gasteiger partial charge on any atom is 0.411 e. The van der Waals surface area contributed by atoms with Crippen molar-refractivity contribution < 1.29 is 29.0 Å². The number of benzene rings is 3. The van der Waals surface area contributed by atoms with Gasteiger partial charge >= 0.3 is 12.1 Å². The Hall–Kier alpha value is -4.17. The van der Waals surface area contributed by atoms with Crippen molar-refractivity contribution in [2.75, 3.05) is 25.6 Å². The highest BCUT2D eigenvalue weighted by molar-refractivity contribution is 6.03. The molecule has 34 heavy (non-hydrogen) atoms. The summed E-state index contributed by atoms with van der Waals surface area (Å²) in [6.07, 6.45) is -0.714. The normalized spacial score (nSPS) is 12.9. The molecular formula is C26H24N2O6. The fourth-order valence-electron chi connectivity index (χ4n) is 4.11. The van der Waals surface area contributed by atoms with Crippen LogP contribution >= 0.6 is 0 Å². The van der Waals surface area contributed by atoms with Crippen LogP contribution in [0.5, 0.6) is 0 Å². The van der Waals surface area contributed by atoms with E-state index in [1.54, 1.807) is 18.2 Å². The maximum absolute atomic E-state index is 12.7. The Bertz CT molecular complexity index is 1180. The first-order valence-electron chi connectivity index (χ1n) is 10.7. The predicted octanol–water partition coefficient (Wildman–Crippen LogP) is 3.88. The van der Waals surface area contributed by atoms with Gasteiger partial charge in [-0.25, -0.2) is 9.59 Å². The first-order chi connectivity index (χ1) is 16.5. The van der Waals surface area contributed by atoms with Crippen LogP contribution in [0.25, 0.3) is 11.1 Å². The molecule has 2 amide bonds. The highest BCUT2D eigenvalue weighted by Gasteiger charge is 2.29. The molecule has 4 rings (SSSR count). The number of carboxylic acids is 1. The van der Waals surface area contributed by atoms with Gasteiger partial charge in [0.2, 0.25) is 0 Å². The molecule has 0 saturated heterocycles. The third-order valence-corrected chi connectivity index (χ3v) is 5.69. The molecule has 3 aromatic rings. The summed E-state index contributed by atoms with van der Waals surface area (Å²) >= 11 is 0. The van der Waals surface area contributed by atoms with Gasteiger partial charge < -0.3 is 19.9 Å². The fraction of sp³-hybridized carbons (Fsp3) is 0.192. The number of ether oxygens (including phenoxy) is 2. The molecule has 1 aliphatic rings. The lowest BCUT2D eigenvalue weighted by atomic mass is 9.98. The minimum absolute atomic E-state index is 0.0953. The Labute approximate surface area is 196 Å². The van der Waals surface area contributed by atoms with Crippen molar-refractivity contribution in [3.05, 3.63) is 89.5 Å². The van der Waals surface area contributed by atoms with Crippen molar-refractivity contribution >= 4 is 23.7 Å². The standard InChI is InChI=1S/C26H24N2O6/c1-33-15-23(25(30)31)27-24(29)20-12-6-7-13-22(20)28-26(32)34-14-21-18-10-4-2-8-16(18)17-9-3-5-11-19(17)21/h2-13,21,23H,14-15H2,1H3,(H,27,29)(H,28,32)(H,30,31). The second-order valence-corrected chi connectivity index (χ2v) is 7.82. The number of carbonyl (C=O) groups is 3.